The lowest BCUT2D eigenvalue weighted by atomic mass is 9.98. The summed E-state index contributed by atoms with van der Waals surface area (Å²) >= 11 is 0. The van der Waals surface area contributed by atoms with Crippen LogP contribution < -0.4 is 5.73 Å². The summed E-state index contributed by atoms with van der Waals surface area (Å²) < 4.78 is 37.1. The highest BCUT2D eigenvalue weighted by molar-refractivity contribution is 5.67. The van der Waals surface area contributed by atoms with Crippen LogP contribution in [0.4, 0.5) is 4.79 Å². The average molecular weight is 363 g/mol. The Bertz CT molecular complexity index is 540. The molecule has 142 valence electrons. The first-order valence-electron chi connectivity index (χ1n) is 7.48. The summed E-state index contributed by atoms with van der Waals surface area (Å²) in [5.74, 6) is -2.69. The fraction of sp³-hybridized carbons (Fsp3) is 0.786. The number of nitrogens with two attached hydrogens (primary N) is 1. The molecule has 0 saturated carbocycles. The lowest BCUT2D eigenvalue weighted by molar-refractivity contribution is -0.334. The van der Waals surface area contributed by atoms with Crippen molar-refractivity contribution >= 4 is 18.0 Å². The number of hydrogen-bond donors (Lipinski definition) is 1. The first kappa shape index (κ1) is 19.4. The predicted octanol–water partition coefficient (Wildman–Crippen LogP) is -0.594. The second-order valence-electron chi connectivity index (χ2n) is 5.59. The highest BCUT2D eigenvalue weighted by Crippen LogP contribution is 2.39. The van der Waals surface area contributed by atoms with Crippen LogP contribution in [-0.4, -0.2) is 68.4 Å². The standard InChI is InChI=1S/C14H21NO10/c1-6(16)20-5-8-9(21-7(2)17)10(23-13(15)18)11-12(22-8)25-14(3,19-4)24-11/h8-12H,5H2,1-4H3,(H2,15,18)/t8-,9-,10+,11+,12-,14?/m1/s1. The van der Waals surface area contributed by atoms with Crippen LogP contribution in [-0.2, 0) is 42.7 Å². The van der Waals surface area contributed by atoms with Gasteiger partial charge in [-0.3, -0.25) is 14.3 Å². The Morgan fingerprint density at radius 3 is 2.28 bits per heavy atom. The van der Waals surface area contributed by atoms with Gasteiger partial charge in [0.25, 0.3) is 5.97 Å². The van der Waals surface area contributed by atoms with Crippen LogP contribution in [0, 0.1) is 0 Å². The molecular formula is C14H21NO10. The van der Waals surface area contributed by atoms with E-state index in [2.05, 4.69) is 0 Å². The highest BCUT2D eigenvalue weighted by Gasteiger charge is 2.59. The van der Waals surface area contributed by atoms with Crippen LogP contribution in [0.3, 0.4) is 0 Å². The monoisotopic (exact) mass is 363 g/mol. The molecule has 25 heavy (non-hydrogen) atoms. The lowest BCUT2D eigenvalue weighted by Gasteiger charge is -2.40. The Morgan fingerprint density at radius 1 is 1.08 bits per heavy atom. The summed E-state index contributed by atoms with van der Waals surface area (Å²) in [4.78, 5) is 33.8. The number of esters is 2. The van der Waals surface area contributed by atoms with E-state index in [-0.39, 0.29) is 6.61 Å². The summed E-state index contributed by atoms with van der Waals surface area (Å²) in [5, 5.41) is 0. The van der Waals surface area contributed by atoms with E-state index in [4.69, 9.17) is 38.9 Å². The minimum Gasteiger partial charge on any atom is -0.463 e. The Morgan fingerprint density at radius 2 is 1.76 bits per heavy atom. The Balaban J connectivity index is 2.29. The van der Waals surface area contributed by atoms with Crippen molar-refractivity contribution in [1.29, 1.82) is 0 Å². The van der Waals surface area contributed by atoms with Gasteiger partial charge in [0.15, 0.2) is 24.6 Å². The first-order chi connectivity index (χ1) is 11.6. The third-order valence-corrected chi connectivity index (χ3v) is 3.65. The van der Waals surface area contributed by atoms with Gasteiger partial charge in [0.05, 0.1) is 0 Å². The van der Waals surface area contributed by atoms with Crippen LogP contribution in [0.2, 0.25) is 0 Å². The Labute approximate surface area is 143 Å². The maximum absolute atomic E-state index is 11.4. The van der Waals surface area contributed by atoms with Crippen molar-refractivity contribution in [2.24, 2.45) is 5.73 Å². The number of hydrogen-bond acceptors (Lipinski definition) is 10. The zero-order valence-corrected chi connectivity index (χ0v) is 14.3. The van der Waals surface area contributed by atoms with Crippen molar-refractivity contribution in [3.63, 3.8) is 0 Å². The molecule has 1 amide bonds. The second kappa shape index (κ2) is 7.52. The van der Waals surface area contributed by atoms with E-state index >= 15 is 0 Å². The molecular weight excluding hydrogens is 342 g/mol. The second-order valence-corrected chi connectivity index (χ2v) is 5.59. The van der Waals surface area contributed by atoms with Gasteiger partial charge in [-0.25, -0.2) is 4.79 Å². The van der Waals surface area contributed by atoms with E-state index in [0.29, 0.717) is 0 Å². The molecule has 11 heteroatoms. The van der Waals surface area contributed by atoms with Gasteiger partial charge in [0.2, 0.25) is 0 Å². The molecule has 0 aliphatic carbocycles. The molecule has 2 rings (SSSR count). The fourth-order valence-electron chi connectivity index (χ4n) is 2.62. The summed E-state index contributed by atoms with van der Waals surface area (Å²) in [6, 6.07) is 0. The SMILES string of the molecule is COC1(C)O[C@H]2O[C@H](COC(C)=O)[C@@H](OC(C)=O)[C@H](OC(N)=O)[C@@H]2O1. The number of rotatable bonds is 5. The van der Waals surface area contributed by atoms with E-state index in [0.717, 1.165) is 0 Å². The van der Waals surface area contributed by atoms with E-state index in [1.807, 2.05) is 0 Å². The minimum absolute atomic E-state index is 0.262. The van der Waals surface area contributed by atoms with E-state index in [9.17, 15) is 14.4 Å². The van der Waals surface area contributed by atoms with E-state index in [1.165, 1.54) is 27.9 Å². The molecule has 2 fully saturated rings. The minimum atomic E-state index is -1.47. The van der Waals surface area contributed by atoms with Crippen LogP contribution in [0.25, 0.3) is 0 Å². The number of primary amides is 1. The molecule has 1 unspecified atom stereocenters. The molecule has 0 bridgehead atoms. The summed E-state index contributed by atoms with van der Waals surface area (Å²) in [6.45, 7) is 3.60. The van der Waals surface area contributed by atoms with Gasteiger partial charge < -0.3 is 34.2 Å². The fourth-order valence-corrected chi connectivity index (χ4v) is 2.62. The predicted molar refractivity (Wildman–Crippen MR) is 76.7 cm³/mol. The smallest absolute Gasteiger partial charge is 0.405 e. The summed E-state index contributed by atoms with van der Waals surface area (Å²) in [5.41, 5.74) is 5.11. The van der Waals surface area contributed by atoms with Crippen molar-refractivity contribution in [3.8, 4) is 0 Å². The molecule has 0 aromatic rings. The molecule has 6 atom stereocenters. The number of fused-ring (bicyclic) bond motifs is 1. The Kier molecular flexibility index (Phi) is 5.83. The van der Waals surface area contributed by atoms with Gasteiger partial charge in [0.1, 0.15) is 12.7 Å². The third kappa shape index (κ3) is 4.57. The van der Waals surface area contributed by atoms with Crippen LogP contribution in [0.5, 0.6) is 0 Å². The first-order valence-corrected chi connectivity index (χ1v) is 7.48. The topological polar surface area (TPSA) is 142 Å². The van der Waals surface area contributed by atoms with Crippen molar-refractivity contribution in [2.45, 2.75) is 57.5 Å². The van der Waals surface area contributed by atoms with E-state index < -0.39 is 54.7 Å². The maximum atomic E-state index is 11.4. The molecule has 2 aliphatic rings. The van der Waals surface area contributed by atoms with Gasteiger partial charge in [-0.2, -0.15) is 0 Å². The third-order valence-electron chi connectivity index (χ3n) is 3.65. The van der Waals surface area contributed by atoms with Gasteiger partial charge in [-0.05, 0) is 0 Å². The average Bonchev–Trinajstić information content (AvgIpc) is 2.84. The molecule has 0 aromatic heterocycles. The van der Waals surface area contributed by atoms with Gasteiger partial charge >= 0.3 is 18.0 Å². The number of ether oxygens (including phenoxy) is 7. The Hall–Kier alpha value is -1.95. The molecule has 0 aromatic carbocycles. The van der Waals surface area contributed by atoms with Crippen LogP contribution in [0.15, 0.2) is 0 Å². The molecule has 0 spiro atoms. The number of carbonyl (C=O) groups excluding carboxylic acids is 3. The van der Waals surface area contributed by atoms with E-state index in [1.54, 1.807) is 0 Å². The highest BCUT2D eigenvalue weighted by atomic mass is 16.9. The van der Waals surface area contributed by atoms with Crippen molar-refractivity contribution in [1.82, 2.24) is 0 Å². The number of methoxy groups -OCH3 is 1. The van der Waals surface area contributed by atoms with Crippen LogP contribution >= 0.6 is 0 Å². The number of carbonyl (C=O) groups is 3. The summed E-state index contributed by atoms with van der Waals surface area (Å²) in [7, 11) is 1.35. The summed E-state index contributed by atoms with van der Waals surface area (Å²) in [6.07, 6.45) is -6.37. The molecule has 11 nitrogen and oxygen atoms in total. The zero-order valence-electron chi connectivity index (χ0n) is 14.3. The normalized spacial score (nSPS) is 37.0. The number of amides is 1. The largest absolute Gasteiger partial charge is 0.463 e. The molecule has 2 N–H and O–H groups in total. The van der Waals surface area contributed by atoms with Gasteiger partial charge in [-0.1, -0.05) is 0 Å². The van der Waals surface area contributed by atoms with Gasteiger partial charge in [-0.15, -0.1) is 0 Å². The zero-order chi connectivity index (χ0) is 18.8. The van der Waals surface area contributed by atoms with Crippen molar-refractivity contribution in [2.75, 3.05) is 13.7 Å². The van der Waals surface area contributed by atoms with Crippen molar-refractivity contribution < 1.29 is 47.5 Å². The van der Waals surface area contributed by atoms with Gasteiger partial charge in [0, 0.05) is 27.9 Å². The lowest BCUT2D eigenvalue weighted by Crippen LogP contribution is -2.60. The van der Waals surface area contributed by atoms with Crippen molar-refractivity contribution in [3.05, 3.63) is 0 Å². The molecule has 2 heterocycles. The molecule has 2 saturated heterocycles. The quantitative estimate of drug-likeness (QED) is 0.497. The maximum Gasteiger partial charge on any atom is 0.405 e. The molecule has 0 radical (unpaired) electrons. The molecule has 2 aliphatic heterocycles. The van der Waals surface area contributed by atoms with Crippen LogP contribution in [0.1, 0.15) is 20.8 Å².